The van der Waals surface area contributed by atoms with Gasteiger partial charge in [-0.1, -0.05) is 29.8 Å². The van der Waals surface area contributed by atoms with Crippen LogP contribution in [0.3, 0.4) is 0 Å². The first kappa shape index (κ1) is 23.3. The number of rotatable bonds is 7. The summed E-state index contributed by atoms with van der Waals surface area (Å²) in [5.41, 5.74) is 4.32. The number of hydrogen-bond donors (Lipinski definition) is 4. The van der Waals surface area contributed by atoms with Gasteiger partial charge in [0.05, 0.1) is 11.3 Å². The lowest BCUT2D eigenvalue weighted by molar-refractivity contribution is -0.113. The Hall–Kier alpha value is -3.36. The lowest BCUT2D eigenvalue weighted by Gasteiger charge is -2.12. The van der Waals surface area contributed by atoms with Crippen molar-refractivity contribution in [2.75, 3.05) is 21.7 Å². The minimum absolute atomic E-state index is 0.132. The summed E-state index contributed by atoms with van der Waals surface area (Å²) in [6.07, 6.45) is 0. The number of thiocarbonyl (C=S) groups is 1. The van der Waals surface area contributed by atoms with Gasteiger partial charge in [-0.2, -0.15) is 0 Å². The van der Waals surface area contributed by atoms with Crippen LogP contribution in [-0.2, 0) is 4.79 Å². The molecule has 32 heavy (non-hydrogen) atoms. The maximum absolute atomic E-state index is 12.4. The molecule has 0 heterocycles. The van der Waals surface area contributed by atoms with E-state index in [0.29, 0.717) is 10.8 Å². The summed E-state index contributed by atoms with van der Waals surface area (Å²) in [5, 5.41) is 18.7. The van der Waals surface area contributed by atoms with Gasteiger partial charge in [-0.25, -0.2) is 4.79 Å². The topological polar surface area (TPSA) is 90.5 Å². The third-order valence-electron chi connectivity index (χ3n) is 4.53. The van der Waals surface area contributed by atoms with Crippen molar-refractivity contribution in [3.63, 3.8) is 0 Å². The van der Waals surface area contributed by atoms with Crippen molar-refractivity contribution < 1.29 is 14.7 Å². The van der Waals surface area contributed by atoms with E-state index in [1.165, 1.54) is 29.5 Å². The van der Waals surface area contributed by atoms with Crippen LogP contribution in [0.15, 0.2) is 71.6 Å². The zero-order valence-electron chi connectivity index (χ0n) is 17.6. The summed E-state index contributed by atoms with van der Waals surface area (Å²) < 4.78 is 0. The van der Waals surface area contributed by atoms with Gasteiger partial charge >= 0.3 is 5.97 Å². The molecular formula is C24H23N3O3S2. The van der Waals surface area contributed by atoms with E-state index in [1.54, 1.807) is 6.07 Å². The number of aromatic carboxylic acids is 1. The SMILES string of the molecule is Cc1ccc(NC(=S)Nc2cccc(SCC(=O)Nc3cc(C(=O)O)ccc3C)c2)cc1. The zero-order valence-corrected chi connectivity index (χ0v) is 19.3. The Morgan fingerprint density at radius 3 is 2.34 bits per heavy atom. The molecule has 3 aromatic carbocycles. The molecule has 6 nitrogen and oxygen atoms in total. The molecule has 0 saturated carbocycles. The molecule has 0 aliphatic rings. The molecule has 0 aromatic heterocycles. The summed E-state index contributed by atoms with van der Waals surface area (Å²) in [7, 11) is 0. The van der Waals surface area contributed by atoms with Gasteiger partial charge in [0.15, 0.2) is 5.11 Å². The van der Waals surface area contributed by atoms with Gasteiger partial charge in [0, 0.05) is 22.0 Å². The first-order valence-corrected chi connectivity index (χ1v) is 11.2. The van der Waals surface area contributed by atoms with Gasteiger partial charge in [0.2, 0.25) is 5.91 Å². The third-order valence-corrected chi connectivity index (χ3v) is 5.73. The number of carbonyl (C=O) groups is 2. The van der Waals surface area contributed by atoms with Crippen molar-refractivity contribution in [3.05, 3.63) is 83.4 Å². The summed E-state index contributed by atoms with van der Waals surface area (Å²) in [5.74, 6) is -1.06. The first-order chi connectivity index (χ1) is 15.3. The Bertz CT molecular complexity index is 1150. The number of amides is 1. The number of anilines is 3. The molecule has 0 aliphatic heterocycles. The fraction of sp³-hybridized carbons (Fsp3) is 0.125. The molecule has 164 valence electrons. The van der Waals surface area contributed by atoms with Crippen molar-refractivity contribution in [1.82, 2.24) is 0 Å². The average molecular weight is 466 g/mol. The molecule has 3 rings (SSSR count). The molecule has 0 spiro atoms. The van der Waals surface area contributed by atoms with E-state index in [1.807, 2.05) is 62.4 Å². The molecule has 0 aliphatic carbocycles. The molecule has 0 radical (unpaired) electrons. The summed E-state index contributed by atoms with van der Waals surface area (Å²) in [6.45, 7) is 3.84. The minimum Gasteiger partial charge on any atom is -0.478 e. The maximum atomic E-state index is 12.4. The second-order valence-electron chi connectivity index (χ2n) is 7.14. The molecule has 3 aromatic rings. The number of benzene rings is 3. The molecular weight excluding hydrogens is 442 g/mol. The van der Waals surface area contributed by atoms with E-state index < -0.39 is 5.97 Å². The second kappa shape index (κ2) is 10.8. The Labute approximate surface area is 196 Å². The number of nitrogens with one attached hydrogen (secondary N) is 3. The van der Waals surface area contributed by atoms with Gasteiger partial charge < -0.3 is 21.1 Å². The molecule has 8 heteroatoms. The average Bonchev–Trinajstić information content (AvgIpc) is 2.75. The van der Waals surface area contributed by atoms with Crippen molar-refractivity contribution >= 4 is 58.0 Å². The van der Waals surface area contributed by atoms with Crippen LogP contribution in [0.4, 0.5) is 17.1 Å². The van der Waals surface area contributed by atoms with E-state index in [-0.39, 0.29) is 17.2 Å². The van der Waals surface area contributed by atoms with E-state index in [2.05, 4.69) is 16.0 Å². The van der Waals surface area contributed by atoms with Crippen LogP contribution in [0.25, 0.3) is 0 Å². The molecule has 4 N–H and O–H groups in total. The highest BCUT2D eigenvalue weighted by Crippen LogP contribution is 2.23. The first-order valence-electron chi connectivity index (χ1n) is 9.81. The second-order valence-corrected chi connectivity index (χ2v) is 8.60. The third kappa shape index (κ3) is 6.83. The number of carboxylic acid groups (broad SMARTS) is 1. The lowest BCUT2D eigenvalue weighted by Crippen LogP contribution is -2.19. The summed E-state index contributed by atoms with van der Waals surface area (Å²) in [4.78, 5) is 24.4. The number of aryl methyl sites for hydroxylation is 2. The maximum Gasteiger partial charge on any atom is 0.335 e. The Morgan fingerprint density at radius 2 is 1.62 bits per heavy atom. The van der Waals surface area contributed by atoms with Crippen molar-refractivity contribution in [2.24, 2.45) is 0 Å². The van der Waals surface area contributed by atoms with Crippen LogP contribution >= 0.6 is 24.0 Å². The highest BCUT2D eigenvalue weighted by atomic mass is 32.2. The molecule has 0 saturated heterocycles. The lowest BCUT2D eigenvalue weighted by atomic mass is 10.1. The number of hydrogen-bond acceptors (Lipinski definition) is 4. The number of carbonyl (C=O) groups excluding carboxylic acids is 1. The molecule has 0 bridgehead atoms. The minimum atomic E-state index is -1.03. The van der Waals surface area contributed by atoms with Crippen molar-refractivity contribution in [3.8, 4) is 0 Å². The van der Waals surface area contributed by atoms with Gasteiger partial charge in [0.1, 0.15) is 0 Å². The van der Waals surface area contributed by atoms with Crippen LogP contribution in [0.1, 0.15) is 21.5 Å². The van der Waals surface area contributed by atoms with E-state index in [4.69, 9.17) is 17.3 Å². The van der Waals surface area contributed by atoms with Gasteiger partial charge in [-0.05, 0) is 74.1 Å². The van der Waals surface area contributed by atoms with Crippen molar-refractivity contribution in [1.29, 1.82) is 0 Å². The number of thioether (sulfide) groups is 1. The predicted molar refractivity (Wildman–Crippen MR) is 135 cm³/mol. The predicted octanol–water partition coefficient (Wildman–Crippen LogP) is 5.54. The largest absolute Gasteiger partial charge is 0.478 e. The van der Waals surface area contributed by atoms with Crippen molar-refractivity contribution in [2.45, 2.75) is 18.7 Å². The van der Waals surface area contributed by atoms with Gasteiger partial charge in [-0.3, -0.25) is 4.79 Å². The summed E-state index contributed by atoms with van der Waals surface area (Å²) >= 11 is 6.76. The smallest absolute Gasteiger partial charge is 0.335 e. The highest BCUT2D eigenvalue weighted by molar-refractivity contribution is 8.00. The fourth-order valence-corrected chi connectivity index (χ4v) is 3.81. The van der Waals surface area contributed by atoms with Crippen LogP contribution < -0.4 is 16.0 Å². The Balaban J connectivity index is 1.55. The number of carboxylic acids is 1. The molecule has 0 fully saturated rings. The molecule has 0 atom stereocenters. The fourth-order valence-electron chi connectivity index (χ4n) is 2.82. The van der Waals surface area contributed by atoms with Crippen LogP contribution in [0.2, 0.25) is 0 Å². The van der Waals surface area contributed by atoms with Crippen LogP contribution in [0, 0.1) is 13.8 Å². The standard InChI is InChI=1S/C24H23N3O3S2/c1-15-6-10-18(11-7-15)25-24(31)26-19-4-3-5-20(13-19)32-14-22(28)27-21-12-17(23(29)30)9-8-16(21)2/h3-13H,14H2,1-2H3,(H,27,28)(H,29,30)(H2,25,26,31). The van der Waals surface area contributed by atoms with Gasteiger partial charge in [0.25, 0.3) is 0 Å². The monoisotopic (exact) mass is 465 g/mol. The van der Waals surface area contributed by atoms with Crippen LogP contribution in [0.5, 0.6) is 0 Å². The Morgan fingerprint density at radius 1 is 0.906 bits per heavy atom. The van der Waals surface area contributed by atoms with Gasteiger partial charge in [-0.15, -0.1) is 11.8 Å². The molecule has 1 amide bonds. The highest BCUT2D eigenvalue weighted by Gasteiger charge is 2.10. The van der Waals surface area contributed by atoms with E-state index in [0.717, 1.165) is 21.8 Å². The Kier molecular flexibility index (Phi) is 7.86. The van der Waals surface area contributed by atoms with E-state index >= 15 is 0 Å². The normalized spacial score (nSPS) is 10.3. The summed E-state index contributed by atoms with van der Waals surface area (Å²) in [6, 6.07) is 20.2. The molecule has 0 unspecified atom stereocenters. The van der Waals surface area contributed by atoms with Crippen LogP contribution in [-0.4, -0.2) is 27.8 Å². The van der Waals surface area contributed by atoms with E-state index in [9.17, 15) is 9.59 Å². The quantitative estimate of drug-likeness (QED) is 0.269. The zero-order chi connectivity index (χ0) is 23.1.